The standard InChI is InChI=1S/C44H66BN9O9/c1-6-7-10-25-12-14-26(15-13-25)27-16-18-28(19-17-27)37(57)50-30(11-8-9-20-46)38(58)52-35(24(2)55)40(60)53-36(48)41(61)51-31(23-34(47)56)39(59)54-42(49)45-62-33-22-29-21-32(43(29,3)4)44(33,5)63-45/h12-19,24,29-33,35-36,42,55H,6-11,20-23,46,48-49H2,1-5H3,(H2,47,56)(H,50,57)(H,51,61)(H,52,58)(H,53,60)(H,54,59)/t24?,29-,30-,31-,32-,33?,35-,36+,42+,44-/m0/s1. The zero-order valence-corrected chi connectivity index (χ0v) is 37.0. The van der Waals surface area contributed by atoms with E-state index in [-0.39, 0.29) is 23.9 Å². The number of amides is 6. The van der Waals surface area contributed by atoms with Crippen molar-refractivity contribution < 1.29 is 43.2 Å². The molecule has 1 saturated heterocycles. The summed E-state index contributed by atoms with van der Waals surface area (Å²) >= 11 is 0. The molecule has 10 atom stereocenters. The average molecular weight is 876 g/mol. The normalized spacial score (nSPS) is 23.6. The van der Waals surface area contributed by atoms with E-state index in [0.717, 1.165) is 43.2 Å². The summed E-state index contributed by atoms with van der Waals surface area (Å²) in [5, 5.41) is 22.8. The fourth-order valence-electron chi connectivity index (χ4n) is 9.09. The van der Waals surface area contributed by atoms with E-state index in [2.05, 4.69) is 59.5 Å². The number of primary amides is 1. The summed E-state index contributed by atoms with van der Waals surface area (Å²) in [5.74, 6) is -4.55. The maximum atomic E-state index is 13.6. The van der Waals surface area contributed by atoms with Crippen LogP contribution in [0.5, 0.6) is 0 Å². The highest BCUT2D eigenvalue weighted by Crippen LogP contribution is 2.65. The fourth-order valence-corrected chi connectivity index (χ4v) is 9.09. The van der Waals surface area contributed by atoms with Gasteiger partial charge in [0.25, 0.3) is 11.8 Å². The lowest BCUT2D eigenvalue weighted by atomic mass is 9.43. The maximum Gasteiger partial charge on any atom is 0.497 e. The number of aryl methyl sites for hydroxylation is 1. The molecule has 1 aliphatic heterocycles. The summed E-state index contributed by atoms with van der Waals surface area (Å²) in [4.78, 5) is 79.0. The van der Waals surface area contributed by atoms with Gasteiger partial charge < -0.3 is 63.9 Å². The second-order valence-electron chi connectivity index (χ2n) is 18.0. The number of unbranched alkanes of at least 4 members (excludes halogenated alkanes) is 2. The lowest BCUT2D eigenvalue weighted by Crippen LogP contribution is -2.65. The van der Waals surface area contributed by atoms with Crippen molar-refractivity contribution in [1.29, 1.82) is 0 Å². The molecule has 0 aromatic heterocycles. The number of aliphatic hydroxyl groups is 1. The van der Waals surface area contributed by atoms with Gasteiger partial charge in [-0.25, -0.2) is 0 Å². The monoisotopic (exact) mass is 876 g/mol. The Balaban J connectivity index is 1.16. The summed E-state index contributed by atoms with van der Waals surface area (Å²) < 4.78 is 12.5. The van der Waals surface area contributed by atoms with Crippen LogP contribution in [0.3, 0.4) is 0 Å². The molecule has 2 aromatic rings. The molecule has 4 fully saturated rings. The van der Waals surface area contributed by atoms with Crippen LogP contribution in [0.15, 0.2) is 48.5 Å². The van der Waals surface area contributed by atoms with Gasteiger partial charge in [0.05, 0.1) is 24.2 Å². The van der Waals surface area contributed by atoms with Crippen molar-refractivity contribution >= 4 is 42.6 Å². The average Bonchev–Trinajstić information content (AvgIpc) is 3.61. The molecule has 63 heavy (non-hydrogen) atoms. The molecule has 1 heterocycles. The predicted octanol–water partition coefficient (Wildman–Crippen LogP) is 0.219. The molecule has 18 nitrogen and oxygen atoms in total. The zero-order valence-electron chi connectivity index (χ0n) is 37.0. The smallest absolute Gasteiger partial charge is 0.403 e. The predicted molar refractivity (Wildman–Crippen MR) is 236 cm³/mol. The number of aliphatic hydroxyl groups excluding tert-OH is 1. The minimum atomic E-state index is -1.83. The molecule has 6 rings (SSSR count). The number of benzene rings is 2. The van der Waals surface area contributed by atoms with Gasteiger partial charge in [0.15, 0.2) is 6.17 Å². The molecule has 0 radical (unpaired) electrons. The molecule has 2 unspecified atom stereocenters. The molecule has 344 valence electrons. The van der Waals surface area contributed by atoms with Gasteiger partial charge in [-0.15, -0.1) is 0 Å². The molecule has 3 saturated carbocycles. The van der Waals surface area contributed by atoms with Gasteiger partial charge in [0, 0.05) is 5.56 Å². The van der Waals surface area contributed by atoms with E-state index in [4.69, 9.17) is 32.2 Å². The number of hydrogen-bond acceptors (Lipinski definition) is 12. The third-order valence-corrected chi connectivity index (χ3v) is 13.1. The summed E-state index contributed by atoms with van der Waals surface area (Å²) in [5.41, 5.74) is 26.3. The Labute approximate surface area is 369 Å². The van der Waals surface area contributed by atoms with Crippen LogP contribution in [0.2, 0.25) is 0 Å². The first-order valence-electron chi connectivity index (χ1n) is 22.0. The highest BCUT2D eigenvalue weighted by atomic mass is 16.7. The third-order valence-electron chi connectivity index (χ3n) is 13.1. The Kier molecular flexibility index (Phi) is 16.5. The first-order valence-corrected chi connectivity index (χ1v) is 22.0. The summed E-state index contributed by atoms with van der Waals surface area (Å²) in [6, 6.07) is 9.71. The first kappa shape index (κ1) is 49.1. The molecule has 4 aliphatic rings. The minimum Gasteiger partial charge on any atom is -0.403 e. The number of nitrogens with one attached hydrogen (secondary N) is 5. The van der Waals surface area contributed by atoms with E-state index in [1.807, 2.05) is 31.2 Å². The van der Waals surface area contributed by atoms with E-state index in [1.165, 1.54) is 12.5 Å². The highest BCUT2D eigenvalue weighted by Gasteiger charge is 2.68. The van der Waals surface area contributed by atoms with E-state index >= 15 is 0 Å². The molecule has 2 aromatic carbocycles. The molecule has 19 heteroatoms. The molecule has 3 aliphatic carbocycles. The van der Waals surface area contributed by atoms with Crippen molar-refractivity contribution in [2.75, 3.05) is 6.54 Å². The van der Waals surface area contributed by atoms with Gasteiger partial charge in [0.1, 0.15) is 24.2 Å². The zero-order chi connectivity index (χ0) is 46.2. The number of nitrogens with two attached hydrogens (primary N) is 4. The van der Waals surface area contributed by atoms with Crippen LogP contribution in [0.1, 0.15) is 102 Å². The SMILES string of the molecule is CCCCc1ccc(-c2ccc(C(=O)N[C@@H](CCCCN)C(=O)N[C@H](C(=O)N[C@@H](N)C(=O)N[C@@H](CC(N)=O)C(=O)N[C@@H](N)B3OC4C[C@@H]5C[C@@H](C5(C)C)[C@]4(C)O3)C(C)O)cc2)cc1. The number of carbonyl (C=O) groups excluding carboxylic acids is 6. The van der Waals surface area contributed by atoms with E-state index in [1.54, 1.807) is 12.1 Å². The third kappa shape index (κ3) is 11.8. The van der Waals surface area contributed by atoms with Gasteiger partial charge in [-0.2, -0.15) is 0 Å². The lowest BCUT2D eigenvalue weighted by Gasteiger charge is -2.64. The second kappa shape index (κ2) is 21.2. The fraction of sp³-hybridized carbons (Fsp3) is 0.591. The Morgan fingerprint density at radius 2 is 1.44 bits per heavy atom. The molecular weight excluding hydrogens is 809 g/mol. The highest BCUT2D eigenvalue weighted by molar-refractivity contribution is 6.47. The Morgan fingerprint density at radius 1 is 0.810 bits per heavy atom. The molecule has 14 N–H and O–H groups in total. The van der Waals surface area contributed by atoms with Crippen LogP contribution in [-0.2, 0) is 39.7 Å². The quantitative estimate of drug-likeness (QED) is 0.0432. The molecule has 2 bridgehead atoms. The van der Waals surface area contributed by atoms with Crippen LogP contribution in [0.4, 0.5) is 0 Å². The van der Waals surface area contributed by atoms with Gasteiger partial charge in [-0.1, -0.05) is 63.6 Å². The van der Waals surface area contributed by atoms with Gasteiger partial charge in [-0.3, -0.25) is 28.8 Å². The summed E-state index contributed by atoms with van der Waals surface area (Å²) in [7, 11) is -0.998. The largest absolute Gasteiger partial charge is 0.497 e. The Morgan fingerprint density at radius 3 is 2.03 bits per heavy atom. The van der Waals surface area contributed by atoms with Crippen molar-refractivity contribution in [2.24, 2.45) is 40.2 Å². The van der Waals surface area contributed by atoms with Crippen molar-refractivity contribution in [3.8, 4) is 11.1 Å². The van der Waals surface area contributed by atoms with Gasteiger partial charge >= 0.3 is 7.12 Å². The second-order valence-corrected chi connectivity index (χ2v) is 18.0. The summed E-state index contributed by atoms with van der Waals surface area (Å²) in [6.07, 6.45) is 2.04. The van der Waals surface area contributed by atoms with Crippen molar-refractivity contribution in [1.82, 2.24) is 26.6 Å². The molecule has 0 spiro atoms. The number of hydrogen-bond donors (Lipinski definition) is 10. The van der Waals surface area contributed by atoms with E-state index < -0.39 is 91.0 Å². The van der Waals surface area contributed by atoms with Crippen LogP contribution in [-0.4, -0.2) is 102 Å². The van der Waals surface area contributed by atoms with Crippen LogP contribution < -0.4 is 49.5 Å². The van der Waals surface area contributed by atoms with Crippen LogP contribution in [0, 0.1) is 17.3 Å². The maximum absolute atomic E-state index is 13.6. The minimum absolute atomic E-state index is 0.0726. The van der Waals surface area contributed by atoms with Crippen molar-refractivity contribution in [3.05, 3.63) is 59.7 Å². The van der Waals surface area contributed by atoms with E-state index in [9.17, 15) is 33.9 Å². The molecule has 6 amide bonds. The lowest BCUT2D eigenvalue weighted by molar-refractivity contribution is -0.199. The topological polar surface area (TPSA) is 305 Å². The number of carbonyl (C=O) groups is 6. The Hall–Kier alpha value is -4.92. The Bertz CT molecular complexity index is 1950. The van der Waals surface area contributed by atoms with Crippen molar-refractivity contribution in [3.63, 3.8) is 0 Å². The van der Waals surface area contributed by atoms with E-state index in [0.29, 0.717) is 30.9 Å². The van der Waals surface area contributed by atoms with Crippen molar-refractivity contribution in [2.45, 2.75) is 141 Å². The van der Waals surface area contributed by atoms with Crippen LogP contribution >= 0.6 is 0 Å². The first-order chi connectivity index (χ1) is 29.8. The van der Waals surface area contributed by atoms with Gasteiger partial charge in [0.2, 0.25) is 23.6 Å². The van der Waals surface area contributed by atoms with Crippen LogP contribution in [0.25, 0.3) is 11.1 Å². The molecular formula is C44H66BN9O9. The summed E-state index contributed by atoms with van der Waals surface area (Å²) in [6.45, 7) is 10.1. The van der Waals surface area contributed by atoms with Gasteiger partial charge in [-0.05, 0) is 111 Å². The number of rotatable bonds is 22.